The number of hydrogen-bond acceptors (Lipinski definition) is 5. The van der Waals surface area contributed by atoms with Crippen LogP contribution in [0, 0.1) is 0 Å². The molecule has 0 radical (unpaired) electrons. The van der Waals surface area contributed by atoms with Gasteiger partial charge in [-0.05, 0) is 42.3 Å². The number of thioether (sulfide) groups is 1. The Morgan fingerprint density at radius 2 is 2.22 bits per heavy atom. The first kappa shape index (κ1) is 16.1. The maximum absolute atomic E-state index is 12.0. The number of hydrogen-bond donors (Lipinski definition) is 1. The van der Waals surface area contributed by atoms with Crippen LogP contribution >= 0.6 is 35.0 Å². The molecule has 0 spiro atoms. The molecule has 0 saturated carbocycles. The molecule has 1 aliphatic rings. The minimum atomic E-state index is -0.316. The molecule has 2 aromatic rings. The summed E-state index contributed by atoms with van der Waals surface area (Å²) >= 11 is 13.4. The van der Waals surface area contributed by atoms with Crippen LogP contribution in [-0.4, -0.2) is 22.5 Å². The minimum Gasteiger partial charge on any atom is -0.463 e. The van der Waals surface area contributed by atoms with Gasteiger partial charge in [0.15, 0.2) is 5.17 Å². The summed E-state index contributed by atoms with van der Waals surface area (Å²) in [6, 6.07) is 8.71. The van der Waals surface area contributed by atoms with E-state index in [0.29, 0.717) is 27.4 Å². The Kier molecular flexibility index (Phi) is 5.05. The highest BCUT2D eigenvalue weighted by Crippen LogP contribution is 2.28. The van der Waals surface area contributed by atoms with Crippen molar-refractivity contribution in [2.75, 3.05) is 0 Å². The third kappa shape index (κ3) is 4.16. The Morgan fingerprint density at radius 1 is 1.35 bits per heavy atom. The van der Waals surface area contributed by atoms with E-state index < -0.39 is 0 Å². The van der Waals surface area contributed by atoms with Gasteiger partial charge in [0.1, 0.15) is 5.76 Å². The first-order valence-electron chi connectivity index (χ1n) is 6.68. The van der Waals surface area contributed by atoms with Gasteiger partial charge in [0.25, 0.3) is 0 Å². The van der Waals surface area contributed by atoms with Gasteiger partial charge in [0, 0.05) is 10.0 Å². The monoisotopic (exact) mass is 367 g/mol. The summed E-state index contributed by atoms with van der Waals surface area (Å²) in [6.45, 7) is 0. The predicted octanol–water partition coefficient (Wildman–Crippen LogP) is 3.75. The quantitative estimate of drug-likeness (QED) is 0.660. The SMILES string of the molecule is O=C1N/C(=N\N=Cc2ccco2)SC1Cc1cc(Cl)ccc1Cl. The van der Waals surface area contributed by atoms with Crippen LogP contribution in [0.4, 0.5) is 0 Å². The van der Waals surface area contributed by atoms with E-state index in [9.17, 15) is 4.79 Å². The number of furan rings is 1. The molecule has 0 bridgehead atoms. The standard InChI is InChI=1S/C15H11Cl2N3O2S/c16-10-3-4-12(17)9(6-10)7-13-14(21)19-15(23-13)20-18-8-11-2-1-5-22-11/h1-6,8,13H,7H2,(H,19,20,21). The van der Waals surface area contributed by atoms with Crippen LogP contribution in [-0.2, 0) is 11.2 Å². The molecule has 118 valence electrons. The number of nitrogens with one attached hydrogen (secondary N) is 1. The Balaban J connectivity index is 1.66. The molecule has 23 heavy (non-hydrogen) atoms. The van der Waals surface area contributed by atoms with E-state index in [-0.39, 0.29) is 11.2 Å². The number of halogens is 2. The fourth-order valence-electron chi connectivity index (χ4n) is 1.99. The van der Waals surface area contributed by atoms with E-state index in [0.717, 1.165) is 5.56 Å². The van der Waals surface area contributed by atoms with Gasteiger partial charge in [-0.1, -0.05) is 35.0 Å². The summed E-state index contributed by atoms with van der Waals surface area (Å²) in [7, 11) is 0. The van der Waals surface area contributed by atoms with E-state index >= 15 is 0 Å². The van der Waals surface area contributed by atoms with Crippen LogP contribution in [0.1, 0.15) is 11.3 Å². The first-order valence-corrected chi connectivity index (χ1v) is 8.31. The average molecular weight is 368 g/mol. The highest BCUT2D eigenvalue weighted by atomic mass is 35.5. The van der Waals surface area contributed by atoms with Crippen LogP contribution in [0.2, 0.25) is 10.0 Å². The Hall–Kier alpha value is -1.76. The molecule has 5 nitrogen and oxygen atoms in total. The zero-order valence-electron chi connectivity index (χ0n) is 11.7. The molecule has 0 aliphatic carbocycles. The van der Waals surface area contributed by atoms with Gasteiger partial charge in [-0.3, -0.25) is 4.79 Å². The zero-order chi connectivity index (χ0) is 16.2. The molecule has 2 heterocycles. The molecule has 1 N–H and O–H groups in total. The highest BCUT2D eigenvalue weighted by Gasteiger charge is 2.31. The van der Waals surface area contributed by atoms with Crippen molar-refractivity contribution in [1.29, 1.82) is 0 Å². The molecule has 1 atom stereocenters. The fraction of sp³-hybridized carbons (Fsp3) is 0.133. The number of nitrogens with zero attached hydrogens (tertiary/aromatic N) is 2. The first-order chi connectivity index (χ1) is 11.1. The molecule has 1 aromatic carbocycles. The van der Waals surface area contributed by atoms with Crippen molar-refractivity contribution in [1.82, 2.24) is 5.32 Å². The summed E-state index contributed by atoms with van der Waals surface area (Å²) in [4.78, 5) is 12.0. The van der Waals surface area contributed by atoms with Crippen molar-refractivity contribution < 1.29 is 9.21 Å². The van der Waals surface area contributed by atoms with Crippen molar-refractivity contribution in [3.63, 3.8) is 0 Å². The minimum absolute atomic E-state index is 0.127. The largest absolute Gasteiger partial charge is 0.463 e. The van der Waals surface area contributed by atoms with Crippen molar-refractivity contribution in [3.8, 4) is 0 Å². The lowest BCUT2D eigenvalue weighted by Gasteiger charge is -2.07. The number of rotatable bonds is 4. The van der Waals surface area contributed by atoms with Crippen molar-refractivity contribution in [2.24, 2.45) is 10.2 Å². The maximum atomic E-state index is 12.0. The Labute approximate surface area is 146 Å². The van der Waals surface area contributed by atoms with Gasteiger partial charge < -0.3 is 9.73 Å². The molecule has 1 fully saturated rings. The number of carbonyl (C=O) groups excluding carboxylic acids is 1. The van der Waals surface area contributed by atoms with Crippen molar-refractivity contribution >= 4 is 52.3 Å². The summed E-state index contributed by atoms with van der Waals surface area (Å²) in [5, 5.41) is 11.9. The second kappa shape index (κ2) is 7.21. The van der Waals surface area contributed by atoms with Gasteiger partial charge in [-0.25, -0.2) is 0 Å². The molecular weight excluding hydrogens is 357 g/mol. The molecular formula is C15H11Cl2N3O2S. The lowest BCUT2D eigenvalue weighted by molar-refractivity contribution is -0.118. The van der Waals surface area contributed by atoms with E-state index in [1.807, 2.05) is 0 Å². The van der Waals surface area contributed by atoms with Crippen LogP contribution < -0.4 is 5.32 Å². The van der Waals surface area contributed by atoms with Crippen molar-refractivity contribution in [2.45, 2.75) is 11.7 Å². The third-order valence-electron chi connectivity index (χ3n) is 3.07. The molecule has 1 unspecified atom stereocenters. The van der Waals surface area contributed by atoms with Gasteiger partial charge in [-0.2, -0.15) is 5.10 Å². The molecule has 3 rings (SSSR count). The van der Waals surface area contributed by atoms with Crippen LogP contribution in [0.25, 0.3) is 0 Å². The number of benzene rings is 1. The Bertz CT molecular complexity index is 775. The molecule has 1 aromatic heterocycles. The summed E-state index contributed by atoms with van der Waals surface area (Å²) in [5.74, 6) is 0.462. The van der Waals surface area contributed by atoms with Gasteiger partial charge in [0.2, 0.25) is 5.91 Å². The summed E-state index contributed by atoms with van der Waals surface area (Å²) in [5.41, 5.74) is 0.826. The van der Waals surface area contributed by atoms with Gasteiger partial charge in [-0.15, -0.1) is 5.10 Å². The fourth-order valence-corrected chi connectivity index (χ4v) is 3.33. The summed E-state index contributed by atoms with van der Waals surface area (Å²) < 4.78 is 5.10. The number of carbonyl (C=O) groups is 1. The van der Waals surface area contributed by atoms with Crippen molar-refractivity contribution in [3.05, 3.63) is 58.0 Å². The maximum Gasteiger partial charge on any atom is 0.239 e. The second-order valence-corrected chi connectivity index (χ2v) is 6.74. The van der Waals surface area contributed by atoms with Gasteiger partial charge in [0.05, 0.1) is 17.7 Å². The van der Waals surface area contributed by atoms with E-state index in [2.05, 4.69) is 15.5 Å². The molecule has 1 saturated heterocycles. The summed E-state index contributed by atoms with van der Waals surface area (Å²) in [6.07, 6.45) is 3.49. The van der Waals surface area contributed by atoms with Gasteiger partial charge >= 0.3 is 0 Å². The normalized spacial score (nSPS) is 19.7. The van der Waals surface area contributed by atoms with E-state index in [1.54, 1.807) is 36.6 Å². The number of amides is 1. The smallest absolute Gasteiger partial charge is 0.239 e. The zero-order valence-corrected chi connectivity index (χ0v) is 14.0. The average Bonchev–Trinajstić information content (AvgIpc) is 3.14. The van der Waals surface area contributed by atoms with E-state index in [1.165, 1.54) is 18.0 Å². The van der Waals surface area contributed by atoms with Crippen LogP contribution in [0.5, 0.6) is 0 Å². The van der Waals surface area contributed by atoms with E-state index in [4.69, 9.17) is 27.6 Å². The molecule has 1 amide bonds. The van der Waals surface area contributed by atoms with Crippen LogP contribution in [0.15, 0.2) is 51.2 Å². The number of amidine groups is 1. The molecule has 1 aliphatic heterocycles. The lowest BCUT2D eigenvalue weighted by Crippen LogP contribution is -2.26. The topological polar surface area (TPSA) is 67.0 Å². The Morgan fingerprint density at radius 3 is 3.00 bits per heavy atom. The molecule has 8 heteroatoms. The second-order valence-electron chi connectivity index (χ2n) is 4.70. The van der Waals surface area contributed by atoms with Crippen LogP contribution in [0.3, 0.4) is 0 Å². The highest BCUT2D eigenvalue weighted by molar-refractivity contribution is 8.15. The third-order valence-corrected chi connectivity index (χ3v) is 4.74. The lowest BCUT2D eigenvalue weighted by atomic mass is 10.1. The predicted molar refractivity (Wildman–Crippen MR) is 93.4 cm³/mol.